The zero-order valence-corrected chi connectivity index (χ0v) is 23.6. The number of carbonyl (C=O) groups is 2. The summed E-state index contributed by atoms with van der Waals surface area (Å²) in [5, 5.41) is 3.39. The molecule has 208 valence electrons. The third-order valence-electron chi connectivity index (χ3n) is 8.75. The molecule has 6 rings (SSSR count). The van der Waals surface area contributed by atoms with Crippen molar-refractivity contribution in [2.75, 3.05) is 31.2 Å². The number of anilines is 1. The Balaban J connectivity index is 1.28. The van der Waals surface area contributed by atoms with Crippen LogP contribution in [0.25, 0.3) is 0 Å². The maximum absolute atomic E-state index is 14.1. The number of rotatable bonds is 5. The summed E-state index contributed by atoms with van der Waals surface area (Å²) in [4.78, 5) is 32.1. The summed E-state index contributed by atoms with van der Waals surface area (Å²) in [6.07, 6.45) is 3.52. The second-order valence-electron chi connectivity index (χ2n) is 11.6. The van der Waals surface area contributed by atoms with E-state index in [2.05, 4.69) is 54.4 Å². The summed E-state index contributed by atoms with van der Waals surface area (Å²) in [7, 11) is 0. The second-order valence-corrected chi connectivity index (χ2v) is 11.6. The number of hydrogen-bond donors (Lipinski definition) is 1. The Hall–Kier alpha value is -3.64. The molecule has 2 heterocycles. The Bertz CT molecular complexity index is 1390. The van der Waals surface area contributed by atoms with Gasteiger partial charge in [-0.2, -0.15) is 0 Å². The molecule has 0 bridgehead atoms. The molecule has 3 aromatic rings. The zero-order valence-electron chi connectivity index (χ0n) is 23.6. The lowest BCUT2D eigenvalue weighted by atomic mass is 9.84. The van der Waals surface area contributed by atoms with Gasteiger partial charge in [-0.3, -0.25) is 9.59 Å². The minimum absolute atomic E-state index is 0.0336. The Morgan fingerprint density at radius 2 is 1.73 bits per heavy atom. The molecule has 1 aliphatic carbocycles. The van der Waals surface area contributed by atoms with Crippen LogP contribution >= 0.6 is 0 Å². The third kappa shape index (κ3) is 5.37. The largest absolute Gasteiger partial charge is 0.378 e. The van der Waals surface area contributed by atoms with Gasteiger partial charge in [0.2, 0.25) is 5.91 Å². The van der Waals surface area contributed by atoms with E-state index in [-0.39, 0.29) is 17.9 Å². The van der Waals surface area contributed by atoms with E-state index in [1.54, 1.807) is 4.90 Å². The predicted octanol–water partition coefficient (Wildman–Crippen LogP) is 5.41. The lowest BCUT2D eigenvalue weighted by Crippen LogP contribution is -2.53. The van der Waals surface area contributed by atoms with Gasteiger partial charge in [0.1, 0.15) is 6.04 Å². The number of fused-ring (bicyclic) bond motifs is 2. The maximum atomic E-state index is 14.1. The van der Waals surface area contributed by atoms with Crippen LogP contribution in [0.15, 0.2) is 66.7 Å². The molecule has 0 aromatic heterocycles. The van der Waals surface area contributed by atoms with Crippen molar-refractivity contribution in [1.82, 2.24) is 10.2 Å². The smallest absolute Gasteiger partial charge is 0.254 e. The van der Waals surface area contributed by atoms with Gasteiger partial charge in [0.25, 0.3) is 5.91 Å². The summed E-state index contributed by atoms with van der Waals surface area (Å²) in [6, 6.07) is 22.1. The number of benzene rings is 3. The van der Waals surface area contributed by atoms with Crippen LogP contribution in [0, 0.1) is 0 Å². The van der Waals surface area contributed by atoms with Gasteiger partial charge in [0.15, 0.2) is 0 Å². The summed E-state index contributed by atoms with van der Waals surface area (Å²) < 4.78 is 5.51. The highest BCUT2D eigenvalue weighted by Gasteiger charge is 2.36. The van der Waals surface area contributed by atoms with E-state index in [0.717, 1.165) is 49.2 Å². The number of hydrogen-bond acceptors (Lipinski definition) is 4. The van der Waals surface area contributed by atoms with Crippen LogP contribution in [0.4, 0.5) is 5.69 Å². The molecule has 0 radical (unpaired) electrons. The highest BCUT2D eigenvalue weighted by molar-refractivity contribution is 5.98. The number of nitrogens with zero attached hydrogens (tertiary/aromatic N) is 2. The highest BCUT2D eigenvalue weighted by atomic mass is 16.5. The van der Waals surface area contributed by atoms with Gasteiger partial charge in [-0.15, -0.1) is 0 Å². The number of amides is 2. The predicted molar refractivity (Wildman–Crippen MR) is 158 cm³/mol. The molecule has 0 spiro atoms. The number of aryl methyl sites for hydroxylation is 1. The highest BCUT2D eigenvalue weighted by Crippen LogP contribution is 2.33. The number of nitrogens with one attached hydrogen (secondary N) is 1. The van der Waals surface area contributed by atoms with Crippen molar-refractivity contribution in [1.29, 1.82) is 0 Å². The Morgan fingerprint density at radius 3 is 2.52 bits per heavy atom. The van der Waals surface area contributed by atoms with E-state index < -0.39 is 6.04 Å². The molecule has 6 heteroatoms. The van der Waals surface area contributed by atoms with Gasteiger partial charge in [0.05, 0.1) is 19.3 Å². The van der Waals surface area contributed by atoms with Gasteiger partial charge in [-0.05, 0) is 71.2 Å². The number of ether oxygens (including phenoxy) is 1. The van der Waals surface area contributed by atoms with Crippen molar-refractivity contribution < 1.29 is 14.3 Å². The van der Waals surface area contributed by atoms with Crippen LogP contribution in [0.5, 0.6) is 0 Å². The molecule has 1 saturated heterocycles. The first-order chi connectivity index (χ1) is 19.5. The van der Waals surface area contributed by atoms with Gasteiger partial charge >= 0.3 is 0 Å². The van der Waals surface area contributed by atoms with Crippen molar-refractivity contribution in [3.8, 4) is 0 Å². The molecule has 40 heavy (non-hydrogen) atoms. The standard InChI is InChI=1S/C34H39N3O3/c1-23(2)25-14-13-24-9-6-12-31(30(24)20-25)35-33(38)32-21-26-7-3-4-8-28(26)22-37(32)34(39)27-10-5-11-29(19-27)36-15-17-40-18-16-36/h3-5,7-8,10-11,13-14,19-20,23,31-32H,6,9,12,15-18,21-22H2,1-2H3,(H,35,38). The monoisotopic (exact) mass is 537 g/mol. The molecule has 3 aliphatic rings. The van der Waals surface area contributed by atoms with Crippen molar-refractivity contribution in [3.05, 3.63) is 100 Å². The van der Waals surface area contributed by atoms with Crippen LogP contribution < -0.4 is 10.2 Å². The lowest BCUT2D eigenvalue weighted by Gasteiger charge is -2.38. The van der Waals surface area contributed by atoms with Crippen molar-refractivity contribution in [2.24, 2.45) is 0 Å². The maximum Gasteiger partial charge on any atom is 0.254 e. The Labute approximate surface area is 237 Å². The van der Waals surface area contributed by atoms with Crippen LogP contribution in [0.1, 0.15) is 76.8 Å². The van der Waals surface area contributed by atoms with Crippen molar-refractivity contribution >= 4 is 17.5 Å². The Kier molecular flexibility index (Phi) is 7.61. The first kappa shape index (κ1) is 26.6. The fourth-order valence-electron chi connectivity index (χ4n) is 6.39. The van der Waals surface area contributed by atoms with Crippen LogP contribution in [-0.2, 0) is 28.9 Å². The first-order valence-electron chi connectivity index (χ1n) is 14.7. The van der Waals surface area contributed by atoms with Crippen LogP contribution in [0.2, 0.25) is 0 Å². The summed E-state index contributed by atoms with van der Waals surface area (Å²) in [5.41, 5.74) is 7.73. The molecule has 2 unspecified atom stereocenters. The van der Waals surface area contributed by atoms with E-state index in [1.165, 1.54) is 16.7 Å². The van der Waals surface area contributed by atoms with E-state index in [0.29, 0.717) is 37.7 Å². The van der Waals surface area contributed by atoms with Gasteiger partial charge in [0, 0.05) is 37.3 Å². The summed E-state index contributed by atoms with van der Waals surface area (Å²) in [6.45, 7) is 7.82. The van der Waals surface area contributed by atoms with Crippen LogP contribution in [0.3, 0.4) is 0 Å². The average molecular weight is 538 g/mol. The van der Waals surface area contributed by atoms with Gasteiger partial charge in [-0.25, -0.2) is 0 Å². The average Bonchev–Trinajstić information content (AvgIpc) is 3.00. The molecule has 1 fully saturated rings. The lowest BCUT2D eigenvalue weighted by molar-refractivity contribution is -0.127. The van der Waals surface area contributed by atoms with Crippen molar-refractivity contribution in [2.45, 2.75) is 64.1 Å². The molecule has 6 nitrogen and oxygen atoms in total. The topological polar surface area (TPSA) is 61.9 Å². The number of morpholine rings is 1. The molecule has 0 saturated carbocycles. The van der Waals surface area contributed by atoms with Gasteiger partial charge in [-0.1, -0.05) is 62.4 Å². The summed E-state index contributed by atoms with van der Waals surface area (Å²) in [5.74, 6) is 0.260. The van der Waals surface area contributed by atoms with E-state index >= 15 is 0 Å². The minimum atomic E-state index is -0.562. The van der Waals surface area contributed by atoms with E-state index in [1.807, 2.05) is 36.4 Å². The molecule has 2 aliphatic heterocycles. The normalized spacial score (nSPS) is 20.6. The fraction of sp³-hybridized carbons (Fsp3) is 0.412. The molecule has 2 amide bonds. The van der Waals surface area contributed by atoms with Crippen molar-refractivity contribution in [3.63, 3.8) is 0 Å². The molecular weight excluding hydrogens is 498 g/mol. The third-order valence-corrected chi connectivity index (χ3v) is 8.75. The van der Waals surface area contributed by atoms with Gasteiger partial charge < -0.3 is 19.9 Å². The molecule has 1 N–H and O–H groups in total. The van der Waals surface area contributed by atoms with E-state index in [4.69, 9.17) is 4.74 Å². The fourth-order valence-corrected chi connectivity index (χ4v) is 6.39. The quantitative estimate of drug-likeness (QED) is 0.473. The molecule has 2 atom stereocenters. The van der Waals surface area contributed by atoms with Crippen LogP contribution in [-0.4, -0.2) is 49.1 Å². The minimum Gasteiger partial charge on any atom is -0.378 e. The summed E-state index contributed by atoms with van der Waals surface area (Å²) >= 11 is 0. The first-order valence-corrected chi connectivity index (χ1v) is 14.7. The SMILES string of the molecule is CC(C)c1ccc2c(c1)C(NC(=O)C1Cc3ccccc3CN1C(=O)c1cccc(N3CCOCC3)c1)CCC2. The zero-order chi connectivity index (χ0) is 27.6. The molecular formula is C34H39N3O3. The number of carbonyl (C=O) groups excluding carboxylic acids is 2. The second kappa shape index (κ2) is 11.5. The van der Waals surface area contributed by atoms with E-state index in [9.17, 15) is 9.59 Å². The Morgan fingerprint density at radius 1 is 0.925 bits per heavy atom. The molecule has 3 aromatic carbocycles.